The molecule has 1 amide bonds. The predicted octanol–water partition coefficient (Wildman–Crippen LogP) is 3.04. The molecule has 0 unspecified atom stereocenters. The molecule has 3 heterocycles. The summed E-state index contributed by atoms with van der Waals surface area (Å²) in [7, 11) is 0. The number of ether oxygens (including phenoxy) is 3. The molecule has 0 saturated carbocycles. The third-order valence-corrected chi connectivity index (χ3v) is 6.26. The fourth-order valence-corrected chi connectivity index (χ4v) is 4.64. The molecule has 5 rings (SSSR count). The topological polar surface area (TPSA) is 101 Å². The summed E-state index contributed by atoms with van der Waals surface area (Å²) in [6.07, 6.45) is 0. The van der Waals surface area contributed by atoms with Gasteiger partial charge in [0.15, 0.2) is 11.5 Å². The summed E-state index contributed by atoms with van der Waals surface area (Å²) < 4.78 is 19.0. The van der Waals surface area contributed by atoms with Gasteiger partial charge in [0.2, 0.25) is 12.7 Å². The number of hydrogen-bond acceptors (Lipinski definition) is 7. The molecule has 1 aliphatic rings. The van der Waals surface area contributed by atoms with Crippen LogP contribution < -0.4 is 30.8 Å². The van der Waals surface area contributed by atoms with Crippen molar-refractivity contribution < 1.29 is 19.0 Å². The van der Waals surface area contributed by atoms with Gasteiger partial charge in [0.25, 0.3) is 5.56 Å². The van der Waals surface area contributed by atoms with Crippen LogP contribution >= 0.6 is 11.3 Å². The van der Waals surface area contributed by atoms with E-state index >= 15 is 0 Å². The Morgan fingerprint density at radius 3 is 2.65 bits per heavy atom. The number of rotatable bonds is 7. The molecular formula is C24H21N3O6S. The van der Waals surface area contributed by atoms with Crippen molar-refractivity contribution in [2.75, 3.05) is 18.7 Å². The molecule has 0 bridgehead atoms. The molecule has 10 heteroatoms. The minimum atomic E-state index is -0.560. The van der Waals surface area contributed by atoms with Crippen LogP contribution in [-0.2, 0) is 17.9 Å². The number of aromatic nitrogens is 2. The molecule has 0 fully saturated rings. The Labute approximate surface area is 197 Å². The van der Waals surface area contributed by atoms with E-state index in [1.807, 2.05) is 6.92 Å². The lowest BCUT2D eigenvalue weighted by Gasteiger charge is -2.13. The van der Waals surface area contributed by atoms with Crippen LogP contribution in [0.25, 0.3) is 10.2 Å². The van der Waals surface area contributed by atoms with Crippen LogP contribution in [-0.4, -0.2) is 28.4 Å². The van der Waals surface area contributed by atoms with Gasteiger partial charge < -0.3 is 19.5 Å². The van der Waals surface area contributed by atoms with E-state index in [2.05, 4.69) is 5.32 Å². The second-order valence-corrected chi connectivity index (χ2v) is 8.50. The molecule has 0 radical (unpaired) electrons. The molecule has 2 aromatic heterocycles. The largest absolute Gasteiger partial charge is 0.494 e. The normalized spacial score (nSPS) is 12.1. The summed E-state index contributed by atoms with van der Waals surface area (Å²) in [4.78, 5) is 39.2. The van der Waals surface area contributed by atoms with Crippen molar-refractivity contribution in [3.63, 3.8) is 0 Å². The Kier molecular flexibility index (Phi) is 5.81. The van der Waals surface area contributed by atoms with Crippen molar-refractivity contribution in [3.05, 3.63) is 80.3 Å². The van der Waals surface area contributed by atoms with Crippen LogP contribution in [0.5, 0.6) is 17.2 Å². The number of thiophene rings is 1. The van der Waals surface area contributed by atoms with Crippen molar-refractivity contribution >= 4 is 33.1 Å². The SMILES string of the molecule is CCOc1ccc(NC(=O)Cn2c(=O)n(Cc3ccc4c(c3)OCO4)c(=O)c3sccc32)cc1. The monoisotopic (exact) mass is 479 g/mol. The standard InChI is InChI=1S/C24H21N3O6S/c1-2-31-17-6-4-16(5-7-17)25-21(28)13-26-18-9-10-34-22(18)23(29)27(24(26)30)12-15-3-8-19-20(11-15)33-14-32-19/h3-11H,2,12-14H2,1H3,(H,25,28). The number of benzene rings is 2. The smallest absolute Gasteiger partial charge is 0.332 e. The maximum absolute atomic E-state index is 13.3. The fourth-order valence-electron chi connectivity index (χ4n) is 3.79. The van der Waals surface area contributed by atoms with Crippen LogP contribution in [0.4, 0.5) is 5.69 Å². The van der Waals surface area contributed by atoms with E-state index in [4.69, 9.17) is 14.2 Å². The summed E-state index contributed by atoms with van der Waals surface area (Å²) >= 11 is 1.24. The number of fused-ring (bicyclic) bond motifs is 2. The Morgan fingerprint density at radius 1 is 1.06 bits per heavy atom. The first-order valence-corrected chi connectivity index (χ1v) is 11.5. The minimum absolute atomic E-state index is 0.0443. The Bertz CT molecular complexity index is 1490. The van der Waals surface area contributed by atoms with Crippen LogP contribution in [0.1, 0.15) is 12.5 Å². The van der Waals surface area contributed by atoms with E-state index < -0.39 is 11.2 Å². The molecule has 0 atom stereocenters. The van der Waals surface area contributed by atoms with Crippen LogP contribution in [0.3, 0.4) is 0 Å². The Balaban J connectivity index is 1.44. The van der Waals surface area contributed by atoms with E-state index in [-0.39, 0.29) is 25.8 Å². The number of carbonyl (C=O) groups excluding carboxylic acids is 1. The zero-order valence-corrected chi connectivity index (χ0v) is 19.1. The number of nitrogens with zero attached hydrogens (tertiary/aromatic N) is 2. The summed E-state index contributed by atoms with van der Waals surface area (Å²) in [5, 5.41) is 4.52. The molecular weight excluding hydrogens is 458 g/mol. The molecule has 174 valence electrons. The Hall–Kier alpha value is -4.05. The van der Waals surface area contributed by atoms with Crippen molar-refractivity contribution in [2.45, 2.75) is 20.0 Å². The minimum Gasteiger partial charge on any atom is -0.494 e. The van der Waals surface area contributed by atoms with Crippen LogP contribution in [0.2, 0.25) is 0 Å². The van der Waals surface area contributed by atoms with Gasteiger partial charge in [-0.1, -0.05) is 6.07 Å². The lowest BCUT2D eigenvalue weighted by Crippen LogP contribution is -2.41. The predicted molar refractivity (Wildman–Crippen MR) is 128 cm³/mol. The zero-order valence-electron chi connectivity index (χ0n) is 18.3. The fraction of sp³-hybridized carbons (Fsp3) is 0.208. The van der Waals surface area contributed by atoms with E-state index in [9.17, 15) is 14.4 Å². The number of nitrogens with one attached hydrogen (secondary N) is 1. The molecule has 0 saturated heterocycles. The molecule has 34 heavy (non-hydrogen) atoms. The maximum Gasteiger partial charge on any atom is 0.332 e. The van der Waals surface area contributed by atoms with Crippen molar-refractivity contribution in [1.29, 1.82) is 0 Å². The second-order valence-electron chi connectivity index (χ2n) is 7.59. The van der Waals surface area contributed by atoms with E-state index in [1.54, 1.807) is 53.9 Å². The van der Waals surface area contributed by atoms with Gasteiger partial charge in [-0.05, 0) is 60.3 Å². The number of amides is 1. The van der Waals surface area contributed by atoms with E-state index in [0.29, 0.717) is 45.3 Å². The van der Waals surface area contributed by atoms with Gasteiger partial charge in [-0.15, -0.1) is 11.3 Å². The highest BCUT2D eigenvalue weighted by atomic mass is 32.1. The summed E-state index contributed by atoms with van der Waals surface area (Å²) in [5.74, 6) is 1.50. The molecule has 0 aliphatic carbocycles. The quantitative estimate of drug-likeness (QED) is 0.437. The summed E-state index contributed by atoms with van der Waals surface area (Å²) in [5.41, 5.74) is 0.775. The molecule has 0 spiro atoms. The van der Waals surface area contributed by atoms with Gasteiger partial charge in [0.1, 0.15) is 17.0 Å². The summed E-state index contributed by atoms with van der Waals surface area (Å²) in [6, 6.07) is 13.9. The first-order valence-electron chi connectivity index (χ1n) is 10.7. The maximum atomic E-state index is 13.3. The highest BCUT2D eigenvalue weighted by molar-refractivity contribution is 7.17. The van der Waals surface area contributed by atoms with Crippen molar-refractivity contribution in [2.24, 2.45) is 0 Å². The van der Waals surface area contributed by atoms with Gasteiger partial charge >= 0.3 is 5.69 Å². The van der Waals surface area contributed by atoms with Gasteiger partial charge in [-0.2, -0.15) is 0 Å². The molecule has 1 aliphatic heterocycles. The van der Waals surface area contributed by atoms with E-state index in [0.717, 1.165) is 4.57 Å². The third kappa shape index (κ3) is 4.15. The average molecular weight is 480 g/mol. The molecule has 9 nitrogen and oxygen atoms in total. The van der Waals surface area contributed by atoms with E-state index in [1.165, 1.54) is 15.9 Å². The zero-order chi connectivity index (χ0) is 23.7. The number of anilines is 1. The van der Waals surface area contributed by atoms with Crippen molar-refractivity contribution in [3.8, 4) is 17.2 Å². The Morgan fingerprint density at radius 2 is 1.85 bits per heavy atom. The van der Waals surface area contributed by atoms with Crippen LogP contribution in [0.15, 0.2) is 63.5 Å². The third-order valence-electron chi connectivity index (χ3n) is 5.36. The van der Waals surface area contributed by atoms with Gasteiger partial charge in [-0.25, -0.2) is 4.79 Å². The number of hydrogen-bond donors (Lipinski definition) is 1. The second kappa shape index (κ2) is 9.06. The lowest BCUT2D eigenvalue weighted by atomic mass is 10.2. The molecule has 1 N–H and O–H groups in total. The van der Waals surface area contributed by atoms with Crippen molar-refractivity contribution in [1.82, 2.24) is 9.13 Å². The summed E-state index contributed by atoms with van der Waals surface area (Å²) in [6.45, 7) is 2.39. The van der Waals surface area contributed by atoms with Crippen LogP contribution in [0, 0.1) is 0 Å². The van der Waals surface area contributed by atoms with Gasteiger partial charge in [0, 0.05) is 5.69 Å². The van der Waals surface area contributed by atoms with Gasteiger partial charge in [-0.3, -0.25) is 18.7 Å². The number of carbonyl (C=O) groups is 1. The average Bonchev–Trinajstić information content (AvgIpc) is 3.50. The highest BCUT2D eigenvalue weighted by Crippen LogP contribution is 2.32. The van der Waals surface area contributed by atoms with Gasteiger partial charge in [0.05, 0.1) is 18.7 Å². The lowest BCUT2D eigenvalue weighted by molar-refractivity contribution is -0.116. The highest BCUT2D eigenvalue weighted by Gasteiger charge is 2.18. The first-order chi connectivity index (χ1) is 16.5. The molecule has 4 aromatic rings. The first kappa shape index (κ1) is 21.8. The molecule has 2 aromatic carbocycles.